The molecule has 138 valence electrons. The highest BCUT2D eigenvalue weighted by Gasteiger charge is 2.45. The van der Waals surface area contributed by atoms with Crippen molar-refractivity contribution in [2.24, 2.45) is 0 Å². The topological polar surface area (TPSA) is 47.0 Å². The standard InChI is InChI=1S/C21H27N3O2/c1-6-22(4)19-21(2,3)17-14-16(12-13-18(17)23(19)5)24(20(25)26)15-10-8-7-9-11-15/h7-14,19H,6H2,1-5H3,(H,25,26). The Bertz CT molecular complexity index is 804. The van der Waals surface area contributed by atoms with Gasteiger partial charge in [-0.15, -0.1) is 0 Å². The van der Waals surface area contributed by atoms with Gasteiger partial charge in [-0.05, 0) is 49.5 Å². The third-order valence-electron chi connectivity index (χ3n) is 5.45. The van der Waals surface area contributed by atoms with E-state index in [-0.39, 0.29) is 11.6 Å². The van der Waals surface area contributed by atoms with Gasteiger partial charge in [-0.25, -0.2) is 9.69 Å². The molecular weight excluding hydrogens is 326 g/mol. The number of carboxylic acid groups (broad SMARTS) is 1. The molecule has 0 fully saturated rings. The van der Waals surface area contributed by atoms with E-state index in [1.807, 2.05) is 48.5 Å². The van der Waals surface area contributed by atoms with Crippen molar-refractivity contribution in [2.75, 3.05) is 30.4 Å². The molecular formula is C21H27N3O2. The van der Waals surface area contributed by atoms with Crippen LogP contribution in [0.2, 0.25) is 0 Å². The van der Waals surface area contributed by atoms with E-state index in [9.17, 15) is 9.90 Å². The van der Waals surface area contributed by atoms with E-state index in [4.69, 9.17) is 0 Å². The maximum atomic E-state index is 12.0. The van der Waals surface area contributed by atoms with Crippen LogP contribution in [0.5, 0.6) is 0 Å². The van der Waals surface area contributed by atoms with E-state index in [2.05, 4.69) is 44.7 Å². The molecule has 1 aliphatic rings. The van der Waals surface area contributed by atoms with E-state index >= 15 is 0 Å². The van der Waals surface area contributed by atoms with Crippen molar-refractivity contribution in [1.29, 1.82) is 0 Å². The van der Waals surface area contributed by atoms with Crippen LogP contribution in [0.1, 0.15) is 26.3 Å². The van der Waals surface area contributed by atoms with E-state index in [0.29, 0.717) is 11.4 Å². The van der Waals surface area contributed by atoms with Gasteiger partial charge in [-0.1, -0.05) is 39.0 Å². The SMILES string of the molecule is CCN(C)C1N(C)c2ccc(N(C(=O)O)c3ccccc3)cc2C1(C)C. The van der Waals surface area contributed by atoms with Crippen LogP contribution in [0.4, 0.5) is 21.9 Å². The molecule has 0 radical (unpaired) electrons. The van der Waals surface area contributed by atoms with Crippen LogP contribution in [0.15, 0.2) is 48.5 Å². The van der Waals surface area contributed by atoms with Gasteiger partial charge in [0.05, 0.1) is 17.5 Å². The Morgan fingerprint density at radius 3 is 2.38 bits per heavy atom. The fourth-order valence-corrected chi connectivity index (χ4v) is 4.21. The molecule has 5 nitrogen and oxygen atoms in total. The fraction of sp³-hybridized carbons (Fsp3) is 0.381. The van der Waals surface area contributed by atoms with Gasteiger partial charge >= 0.3 is 6.09 Å². The maximum absolute atomic E-state index is 12.0. The summed E-state index contributed by atoms with van der Waals surface area (Å²) in [6.07, 6.45) is -0.754. The summed E-state index contributed by atoms with van der Waals surface area (Å²) < 4.78 is 0. The van der Waals surface area contributed by atoms with Crippen molar-refractivity contribution in [1.82, 2.24) is 4.90 Å². The Labute approximate surface area is 155 Å². The zero-order valence-electron chi connectivity index (χ0n) is 16.1. The van der Waals surface area contributed by atoms with Crippen LogP contribution >= 0.6 is 0 Å². The van der Waals surface area contributed by atoms with E-state index < -0.39 is 6.09 Å². The number of likely N-dealkylation sites (N-methyl/N-ethyl adjacent to an activating group) is 2. The highest BCUT2D eigenvalue weighted by Crippen LogP contribution is 2.47. The summed E-state index contributed by atoms with van der Waals surface area (Å²) in [5.74, 6) is 0. The van der Waals surface area contributed by atoms with Crippen molar-refractivity contribution in [3.8, 4) is 0 Å². The van der Waals surface area contributed by atoms with Gasteiger partial charge in [0.15, 0.2) is 0 Å². The Morgan fingerprint density at radius 1 is 1.15 bits per heavy atom. The highest BCUT2D eigenvalue weighted by molar-refractivity contribution is 5.95. The number of para-hydroxylation sites is 1. The number of benzene rings is 2. The first kappa shape index (κ1) is 18.3. The van der Waals surface area contributed by atoms with E-state index in [0.717, 1.165) is 12.2 Å². The second-order valence-electron chi connectivity index (χ2n) is 7.43. The van der Waals surface area contributed by atoms with Crippen LogP contribution < -0.4 is 9.80 Å². The van der Waals surface area contributed by atoms with Crippen LogP contribution in [0, 0.1) is 0 Å². The van der Waals surface area contributed by atoms with Gasteiger partial charge in [0.2, 0.25) is 0 Å². The predicted octanol–water partition coefficient (Wildman–Crippen LogP) is 4.51. The number of fused-ring (bicyclic) bond motifs is 1. The molecule has 0 spiro atoms. The minimum atomic E-state index is -0.984. The van der Waals surface area contributed by atoms with Crippen molar-refractivity contribution in [2.45, 2.75) is 32.4 Å². The summed E-state index contributed by atoms with van der Waals surface area (Å²) in [6, 6.07) is 15.2. The smallest absolute Gasteiger partial charge is 0.416 e. The number of nitrogens with zero attached hydrogens (tertiary/aromatic N) is 3. The second kappa shape index (κ2) is 6.65. The third-order valence-corrected chi connectivity index (χ3v) is 5.45. The Kier molecular flexibility index (Phi) is 4.67. The summed E-state index contributed by atoms with van der Waals surface area (Å²) in [6.45, 7) is 7.55. The Morgan fingerprint density at radius 2 is 1.81 bits per heavy atom. The van der Waals surface area contributed by atoms with Crippen LogP contribution in [0.3, 0.4) is 0 Å². The predicted molar refractivity (Wildman–Crippen MR) is 107 cm³/mol. The molecule has 0 bridgehead atoms. The molecule has 1 atom stereocenters. The van der Waals surface area contributed by atoms with Gasteiger partial charge in [-0.3, -0.25) is 4.90 Å². The average Bonchev–Trinajstić information content (AvgIpc) is 2.81. The lowest BCUT2D eigenvalue weighted by Gasteiger charge is -2.38. The van der Waals surface area contributed by atoms with Crippen molar-refractivity contribution in [3.63, 3.8) is 0 Å². The van der Waals surface area contributed by atoms with Crippen molar-refractivity contribution in [3.05, 3.63) is 54.1 Å². The van der Waals surface area contributed by atoms with E-state index in [1.165, 1.54) is 10.5 Å². The van der Waals surface area contributed by atoms with Crippen molar-refractivity contribution >= 4 is 23.2 Å². The molecule has 0 aromatic heterocycles. The molecule has 2 aromatic rings. The second-order valence-corrected chi connectivity index (χ2v) is 7.43. The normalized spacial score (nSPS) is 18.1. The Hall–Kier alpha value is -2.53. The average molecular weight is 353 g/mol. The molecule has 26 heavy (non-hydrogen) atoms. The number of rotatable bonds is 4. The largest absolute Gasteiger partial charge is 0.464 e. The molecule has 1 aliphatic heterocycles. The number of hydrogen-bond donors (Lipinski definition) is 1. The molecule has 0 saturated heterocycles. The molecule has 0 aliphatic carbocycles. The lowest BCUT2D eigenvalue weighted by atomic mass is 9.83. The number of anilines is 3. The van der Waals surface area contributed by atoms with Crippen molar-refractivity contribution < 1.29 is 9.90 Å². The minimum absolute atomic E-state index is 0.119. The molecule has 5 heteroatoms. The number of hydrogen-bond acceptors (Lipinski definition) is 3. The van der Waals surface area contributed by atoms with Gasteiger partial charge in [0.25, 0.3) is 0 Å². The van der Waals surface area contributed by atoms with Gasteiger partial charge < -0.3 is 10.0 Å². The lowest BCUT2D eigenvalue weighted by Crippen LogP contribution is -2.51. The molecule has 3 rings (SSSR count). The molecule has 0 saturated carbocycles. The van der Waals surface area contributed by atoms with E-state index in [1.54, 1.807) is 0 Å². The highest BCUT2D eigenvalue weighted by atomic mass is 16.4. The third kappa shape index (κ3) is 2.82. The number of carbonyl (C=O) groups is 1. The van der Waals surface area contributed by atoms with Gasteiger partial charge in [0, 0.05) is 18.2 Å². The first-order valence-electron chi connectivity index (χ1n) is 8.94. The lowest BCUT2D eigenvalue weighted by molar-refractivity contribution is 0.186. The molecule has 1 unspecified atom stereocenters. The molecule has 1 N–H and O–H groups in total. The zero-order valence-corrected chi connectivity index (χ0v) is 16.1. The summed E-state index contributed by atoms with van der Waals surface area (Å²) >= 11 is 0. The first-order chi connectivity index (χ1) is 12.3. The first-order valence-corrected chi connectivity index (χ1v) is 8.94. The monoisotopic (exact) mass is 353 g/mol. The molecule has 1 heterocycles. The molecule has 2 aromatic carbocycles. The van der Waals surface area contributed by atoms with Crippen LogP contribution in [0.25, 0.3) is 0 Å². The summed E-state index contributed by atoms with van der Waals surface area (Å²) in [7, 11) is 4.24. The quantitative estimate of drug-likeness (QED) is 0.879. The fourth-order valence-electron chi connectivity index (χ4n) is 4.21. The summed E-state index contributed by atoms with van der Waals surface area (Å²) in [5, 5.41) is 9.80. The van der Waals surface area contributed by atoms with Gasteiger partial charge in [0.1, 0.15) is 0 Å². The maximum Gasteiger partial charge on any atom is 0.416 e. The minimum Gasteiger partial charge on any atom is -0.464 e. The van der Waals surface area contributed by atoms with Crippen LogP contribution in [-0.4, -0.2) is 42.9 Å². The summed E-state index contributed by atoms with van der Waals surface area (Å²) in [4.78, 5) is 17.9. The number of amides is 1. The summed E-state index contributed by atoms with van der Waals surface area (Å²) in [5.41, 5.74) is 3.52. The van der Waals surface area contributed by atoms with Gasteiger partial charge in [-0.2, -0.15) is 0 Å². The molecule has 1 amide bonds. The zero-order chi connectivity index (χ0) is 19.1. The Balaban J connectivity index is 2.09. The van der Waals surface area contributed by atoms with Crippen LogP contribution in [-0.2, 0) is 5.41 Å².